The first-order valence-electron chi connectivity index (χ1n) is 7.52. The highest BCUT2D eigenvalue weighted by Crippen LogP contribution is 2.22. The maximum absolute atomic E-state index is 12.2. The number of urea groups is 1. The van der Waals surface area contributed by atoms with Gasteiger partial charge in [-0.3, -0.25) is 0 Å². The van der Waals surface area contributed by atoms with Crippen LogP contribution in [0.5, 0.6) is 5.75 Å². The van der Waals surface area contributed by atoms with Crippen LogP contribution in [0.1, 0.15) is 11.6 Å². The monoisotopic (exact) mass is 307 g/mol. The van der Waals surface area contributed by atoms with Crippen LogP contribution in [0.25, 0.3) is 0 Å². The van der Waals surface area contributed by atoms with E-state index >= 15 is 0 Å². The molecule has 1 aromatic carbocycles. The number of ether oxygens (including phenoxy) is 2. The Morgan fingerprint density at radius 1 is 1.41 bits per heavy atom. The van der Waals surface area contributed by atoms with Crippen molar-refractivity contribution in [2.45, 2.75) is 6.04 Å². The van der Waals surface area contributed by atoms with Gasteiger partial charge in [-0.1, -0.05) is 12.1 Å². The van der Waals surface area contributed by atoms with Crippen LogP contribution in [0.2, 0.25) is 0 Å². The average Bonchev–Trinajstić information content (AvgIpc) is 2.55. The molecule has 1 heterocycles. The van der Waals surface area contributed by atoms with Crippen molar-refractivity contribution >= 4 is 6.03 Å². The lowest BCUT2D eigenvalue weighted by molar-refractivity contribution is 0.0528. The number of likely N-dealkylation sites (N-methyl/N-ethyl adjacent to an activating group) is 1. The first kappa shape index (κ1) is 16.6. The highest BCUT2D eigenvalue weighted by atomic mass is 16.5. The Hall–Kier alpha value is -1.79. The average molecular weight is 307 g/mol. The van der Waals surface area contributed by atoms with Crippen LogP contribution in [0, 0.1) is 0 Å². The molecule has 1 unspecified atom stereocenters. The van der Waals surface area contributed by atoms with Gasteiger partial charge >= 0.3 is 6.03 Å². The minimum atomic E-state index is -0.0296. The summed E-state index contributed by atoms with van der Waals surface area (Å²) in [6.07, 6.45) is 0. The van der Waals surface area contributed by atoms with E-state index in [1.165, 1.54) is 0 Å². The van der Waals surface area contributed by atoms with Gasteiger partial charge < -0.3 is 24.6 Å². The minimum absolute atomic E-state index is 0.0296. The van der Waals surface area contributed by atoms with Crippen molar-refractivity contribution in [2.75, 3.05) is 54.1 Å². The predicted octanol–water partition coefficient (Wildman–Crippen LogP) is 1.34. The number of carbonyl (C=O) groups is 1. The number of nitrogens with zero attached hydrogens (tertiary/aromatic N) is 2. The van der Waals surface area contributed by atoms with Crippen molar-refractivity contribution in [3.8, 4) is 5.75 Å². The van der Waals surface area contributed by atoms with Crippen molar-refractivity contribution in [3.05, 3.63) is 29.8 Å². The molecule has 0 bridgehead atoms. The first-order valence-corrected chi connectivity index (χ1v) is 7.52. The third-order valence-electron chi connectivity index (χ3n) is 3.85. The molecule has 122 valence electrons. The number of methoxy groups -OCH3 is 1. The molecule has 0 aliphatic carbocycles. The lowest BCUT2D eigenvalue weighted by Crippen LogP contribution is -2.47. The van der Waals surface area contributed by atoms with Crippen molar-refractivity contribution < 1.29 is 14.3 Å². The number of hydrogen-bond donors (Lipinski definition) is 1. The molecule has 1 N–H and O–H groups in total. The molecule has 1 aromatic rings. The van der Waals surface area contributed by atoms with Crippen LogP contribution >= 0.6 is 0 Å². The molecule has 6 heteroatoms. The molecule has 0 radical (unpaired) electrons. The van der Waals surface area contributed by atoms with Crippen LogP contribution in [-0.2, 0) is 4.74 Å². The zero-order chi connectivity index (χ0) is 15.9. The van der Waals surface area contributed by atoms with Gasteiger partial charge in [0, 0.05) is 19.6 Å². The number of amides is 2. The highest BCUT2D eigenvalue weighted by Gasteiger charge is 2.20. The van der Waals surface area contributed by atoms with Crippen LogP contribution < -0.4 is 10.1 Å². The van der Waals surface area contributed by atoms with E-state index in [9.17, 15) is 4.79 Å². The van der Waals surface area contributed by atoms with Crippen LogP contribution in [0.4, 0.5) is 4.79 Å². The number of carbonyl (C=O) groups excluding carboxylic acids is 1. The van der Waals surface area contributed by atoms with Crippen LogP contribution in [-0.4, -0.2) is 69.9 Å². The zero-order valence-electron chi connectivity index (χ0n) is 13.5. The maximum Gasteiger partial charge on any atom is 0.317 e. The van der Waals surface area contributed by atoms with Gasteiger partial charge in [0.25, 0.3) is 0 Å². The maximum atomic E-state index is 12.2. The molecule has 1 fully saturated rings. The van der Waals surface area contributed by atoms with Gasteiger partial charge in [-0.25, -0.2) is 4.79 Å². The van der Waals surface area contributed by atoms with Crippen molar-refractivity contribution in [1.82, 2.24) is 15.1 Å². The molecule has 6 nitrogen and oxygen atoms in total. The summed E-state index contributed by atoms with van der Waals surface area (Å²) >= 11 is 0. The molecule has 1 atom stereocenters. The zero-order valence-corrected chi connectivity index (χ0v) is 13.5. The van der Waals surface area contributed by atoms with Gasteiger partial charge in [0.1, 0.15) is 5.75 Å². The molecule has 1 aliphatic heterocycles. The molecule has 0 saturated carbocycles. The summed E-state index contributed by atoms with van der Waals surface area (Å²) in [7, 11) is 5.67. The quantitative estimate of drug-likeness (QED) is 0.892. The van der Waals surface area contributed by atoms with E-state index in [1.807, 2.05) is 38.4 Å². The normalized spacial score (nSPS) is 16.5. The van der Waals surface area contributed by atoms with Gasteiger partial charge in [-0.15, -0.1) is 0 Å². The number of rotatable bonds is 5. The molecule has 2 rings (SSSR count). The van der Waals surface area contributed by atoms with Gasteiger partial charge in [0.15, 0.2) is 0 Å². The third kappa shape index (κ3) is 4.35. The number of benzene rings is 1. The molecular formula is C16H25N3O3. The fraction of sp³-hybridized carbons (Fsp3) is 0.562. The number of nitrogens with one attached hydrogen (secondary N) is 1. The SMILES string of the molecule is COc1cccc(C(CNC(=O)N2CCOCC2)N(C)C)c1. The fourth-order valence-electron chi connectivity index (χ4n) is 2.51. The molecule has 2 amide bonds. The Morgan fingerprint density at radius 2 is 2.14 bits per heavy atom. The minimum Gasteiger partial charge on any atom is -0.497 e. The number of hydrogen-bond acceptors (Lipinski definition) is 4. The van der Waals surface area contributed by atoms with E-state index < -0.39 is 0 Å². The van der Waals surface area contributed by atoms with Gasteiger partial charge in [0.05, 0.1) is 26.4 Å². The smallest absolute Gasteiger partial charge is 0.317 e. The van der Waals surface area contributed by atoms with E-state index in [0.29, 0.717) is 32.8 Å². The summed E-state index contributed by atoms with van der Waals surface area (Å²) < 4.78 is 10.5. The fourth-order valence-corrected chi connectivity index (χ4v) is 2.51. The predicted molar refractivity (Wildman–Crippen MR) is 85.2 cm³/mol. The second-order valence-electron chi connectivity index (χ2n) is 5.54. The summed E-state index contributed by atoms with van der Waals surface area (Å²) in [5.41, 5.74) is 1.12. The topological polar surface area (TPSA) is 54.0 Å². The van der Waals surface area contributed by atoms with Crippen LogP contribution in [0.3, 0.4) is 0 Å². The summed E-state index contributed by atoms with van der Waals surface area (Å²) in [5.74, 6) is 0.823. The van der Waals surface area contributed by atoms with Gasteiger partial charge in [-0.05, 0) is 31.8 Å². The Balaban J connectivity index is 1.97. The molecule has 0 spiro atoms. The van der Waals surface area contributed by atoms with E-state index in [4.69, 9.17) is 9.47 Å². The Bertz CT molecular complexity index is 487. The van der Waals surface area contributed by atoms with E-state index in [0.717, 1.165) is 11.3 Å². The van der Waals surface area contributed by atoms with E-state index in [2.05, 4.69) is 10.2 Å². The largest absolute Gasteiger partial charge is 0.497 e. The van der Waals surface area contributed by atoms with Crippen molar-refractivity contribution in [2.24, 2.45) is 0 Å². The van der Waals surface area contributed by atoms with Gasteiger partial charge in [0.2, 0.25) is 0 Å². The van der Waals surface area contributed by atoms with E-state index in [1.54, 1.807) is 12.0 Å². The summed E-state index contributed by atoms with van der Waals surface area (Å²) in [6.45, 7) is 3.08. The molecule has 22 heavy (non-hydrogen) atoms. The summed E-state index contributed by atoms with van der Waals surface area (Å²) in [4.78, 5) is 16.1. The lowest BCUT2D eigenvalue weighted by atomic mass is 10.1. The summed E-state index contributed by atoms with van der Waals surface area (Å²) in [6, 6.07) is 8.01. The molecule has 0 aromatic heterocycles. The second kappa shape index (κ2) is 8.00. The van der Waals surface area contributed by atoms with Gasteiger partial charge in [-0.2, -0.15) is 0 Å². The van der Waals surface area contributed by atoms with Crippen molar-refractivity contribution in [3.63, 3.8) is 0 Å². The first-order chi connectivity index (χ1) is 10.6. The Labute approximate surface area is 132 Å². The van der Waals surface area contributed by atoms with Crippen molar-refractivity contribution in [1.29, 1.82) is 0 Å². The highest BCUT2D eigenvalue weighted by molar-refractivity contribution is 5.74. The lowest BCUT2D eigenvalue weighted by Gasteiger charge is -2.30. The molecule has 1 saturated heterocycles. The number of morpholine rings is 1. The second-order valence-corrected chi connectivity index (χ2v) is 5.54. The Kier molecular flexibility index (Phi) is 6.03. The molecule has 1 aliphatic rings. The molecular weight excluding hydrogens is 282 g/mol. The third-order valence-corrected chi connectivity index (χ3v) is 3.85. The van der Waals surface area contributed by atoms with E-state index in [-0.39, 0.29) is 12.1 Å². The standard InChI is InChI=1S/C16H25N3O3/c1-18(2)15(13-5-4-6-14(11-13)21-3)12-17-16(20)19-7-9-22-10-8-19/h4-6,11,15H,7-10,12H2,1-3H3,(H,17,20). The summed E-state index contributed by atoms with van der Waals surface area (Å²) in [5, 5.41) is 3.02. The van der Waals surface area contributed by atoms with Crippen LogP contribution in [0.15, 0.2) is 24.3 Å². The Morgan fingerprint density at radius 3 is 2.77 bits per heavy atom.